The summed E-state index contributed by atoms with van der Waals surface area (Å²) in [7, 11) is 1.28. The molecule has 0 radical (unpaired) electrons. The van der Waals surface area contributed by atoms with E-state index < -0.39 is 11.9 Å². The molecule has 6 rings (SSSR count). The van der Waals surface area contributed by atoms with Crippen molar-refractivity contribution in [2.24, 2.45) is 35.5 Å². The Morgan fingerprint density at radius 1 is 0.815 bits per heavy atom. The van der Waals surface area contributed by atoms with Crippen LogP contribution in [0.1, 0.15) is 180 Å². The molecule has 5 atom stereocenters. The number of aliphatic hydroxyl groups is 1. The normalized spacial score (nSPS) is 21.7. The molecule has 8 bridgehead atoms. The first-order valence-corrected chi connectivity index (χ1v) is 24.0. The molecule has 3 aliphatic rings. The second kappa shape index (κ2) is 23.1. The number of hydrogen-bond donors (Lipinski definition) is 1. The third-order valence-electron chi connectivity index (χ3n) is 14.3. The zero-order valence-corrected chi connectivity index (χ0v) is 42.6. The summed E-state index contributed by atoms with van der Waals surface area (Å²) in [6.45, 7) is 21.5. The molecule has 2 aliphatic heterocycles. The largest absolute Gasteiger partial charge is 2.00 e. The first kappa shape index (κ1) is 51.9. The first-order chi connectivity index (χ1) is 30.6. The summed E-state index contributed by atoms with van der Waals surface area (Å²) >= 11 is 0. The predicted octanol–water partition coefficient (Wildman–Crippen LogP) is 9.21. The van der Waals surface area contributed by atoms with E-state index in [2.05, 4.69) is 41.5 Å². The van der Waals surface area contributed by atoms with Gasteiger partial charge < -0.3 is 34.8 Å². The summed E-state index contributed by atoms with van der Waals surface area (Å²) < 4.78 is 11.0. The molecule has 1 saturated heterocycles. The van der Waals surface area contributed by atoms with Gasteiger partial charge in [0, 0.05) is 12.0 Å². The number of fused-ring (bicyclic) bond motifs is 7. The van der Waals surface area contributed by atoms with E-state index >= 15 is 0 Å². The average molecular weight is 897 g/mol. The molecule has 1 aliphatic carbocycles. The Morgan fingerprint density at radius 3 is 2.11 bits per heavy atom. The van der Waals surface area contributed by atoms with Crippen molar-refractivity contribution in [1.29, 1.82) is 0 Å². The van der Waals surface area contributed by atoms with Crippen molar-refractivity contribution >= 4 is 64.6 Å². The third kappa shape index (κ3) is 11.7. The number of ketones is 1. The fourth-order valence-electron chi connectivity index (χ4n) is 10.1. The van der Waals surface area contributed by atoms with Gasteiger partial charge in [-0.1, -0.05) is 138 Å². The molecule has 0 aromatic carbocycles. The molecule has 1 N–H and O–H groups in total. The fraction of sp³-hybridized carbons (Fsp3) is 0.574. The van der Waals surface area contributed by atoms with Crippen LogP contribution in [-0.4, -0.2) is 59.6 Å². The smallest absolute Gasteiger partial charge is 0.664 e. The van der Waals surface area contributed by atoms with E-state index in [0.717, 1.165) is 58.5 Å². The van der Waals surface area contributed by atoms with Gasteiger partial charge in [-0.25, -0.2) is 0 Å². The van der Waals surface area contributed by atoms with Gasteiger partial charge in [0.1, 0.15) is 12.5 Å². The number of esters is 2. The van der Waals surface area contributed by atoms with Crippen molar-refractivity contribution in [2.75, 3.05) is 13.7 Å². The van der Waals surface area contributed by atoms with Crippen LogP contribution >= 0.6 is 0 Å². The Balaban J connectivity index is 0.00000793. The van der Waals surface area contributed by atoms with Gasteiger partial charge >= 0.3 is 35.0 Å². The number of carbonyl (C=O) groups excluding carboxylic acids is 3. The number of hydrogen-bond acceptors (Lipinski definition) is 6. The van der Waals surface area contributed by atoms with Crippen molar-refractivity contribution in [1.82, 2.24) is 15.0 Å². The van der Waals surface area contributed by atoms with Gasteiger partial charge in [-0.05, 0) is 94.6 Å². The van der Waals surface area contributed by atoms with E-state index in [1.807, 2.05) is 52.0 Å². The summed E-state index contributed by atoms with van der Waals surface area (Å²) in [5.41, 5.74) is 9.87. The number of aromatic nitrogens is 3. The molecule has 11 heteroatoms. The van der Waals surface area contributed by atoms with Crippen LogP contribution in [0.4, 0.5) is 0 Å². The van der Waals surface area contributed by atoms with Crippen LogP contribution in [0.3, 0.4) is 0 Å². The van der Waals surface area contributed by atoms with E-state index in [-0.39, 0.29) is 66.3 Å². The minimum absolute atomic E-state index is 0. The number of aliphatic hydroxyl groups excluding tert-OH is 1. The Kier molecular flexibility index (Phi) is 18.4. The molecule has 0 amide bonds. The zero-order chi connectivity index (χ0) is 46.4. The second-order valence-corrected chi connectivity index (χ2v) is 19.4. The van der Waals surface area contributed by atoms with Gasteiger partial charge in [0.2, 0.25) is 0 Å². The van der Waals surface area contributed by atoms with E-state index in [0.29, 0.717) is 68.8 Å². The van der Waals surface area contributed by atoms with Gasteiger partial charge in [-0.3, -0.25) is 14.4 Å². The van der Waals surface area contributed by atoms with E-state index in [1.54, 1.807) is 0 Å². The molecule has 348 valence electrons. The van der Waals surface area contributed by atoms with Crippen molar-refractivity contribution in [2.45, 2.75) is 153 Å². The summed E-state index contributed by atoms with van der Waals surface area (Å²) in [4.78, 5) is 56.4. The molecule has 1 fully saturated rings. The van der Waals surface area contributed by atoms with E-state index in [9.17, 15) is 19.5 Å². The predicted molar refractivity (Wildman–Crippen MR) is 260 cm³/mol. The van der Waals surface area contributed by atoms with Gasteiger partial charge in [0.15, 0.2) is 5.78 Å². The van der Waals surface area contributed by atoms with Crippen LogP contribution in [-0.2, 0) is 32.1 Å². The van der Waals surface area contributed by atoms with Crippen LogP contribution in [0.2, 0.25) is 0 Å². The Morgan fingerprint density at radius 2 is 1.46 bits per heavy atom. The number of Topliss-reactive ketones (excluding diaryl/α,β-unsaturated/α-hetero) is 1. The van der Waals surface area contributed by atoms with Crippen molar-refractivity contribution in [3.63, 3.8) is 0 Å². The molecule has 0 unspecified atom stereocenters. The zero-order valence-electron chi connectivity index (χ0n) is 41.2. The number of allylic oxidation sites excluding steroid dienone is 3. The molecular formula is C54H72MgN4O6-2. The van der Waals surface area contributed by atoms with Gasteiger partial charge in [0.05, 0.1) is 13.7 Å². The summed E-state index contributed by atoms with van der Waals surface area (Å²) in [6.07, 6.45) is 20.2. The third-order valence-corrected chi connectivity index (χ3v) is 14.3. The first-order valence-electron chi connectivity index (χ1n) is 24.0. The summed E-state index contributed by atoms with van der Waals surface area (Å²) in [6, 6.07) is 0. The number of methoxy groups -OCH3 is 1. The molecule has 3 aromatic rings. The fourth-order valence-corrected chi connectivity index (χ4v) is 10.1. The number of ether oxygens (including phenoxy) is 2. The van der Waals surface area contributed by atoms with Crippen LogP contribution in [0.5, 0.6) is 0 Å². The van der Waals surface area contributed by atoms with Crippen LogP contribution in [0.15, 0.2) is 23.0 Å². The van der Waals surface area contributed by atoms with Crippen LogP contribution < -0.4 is 25.7 Å². The maximum absolute atomic E-state index is 14.3. The topological polar surface area (TPSA) is 146 Å². The van der Waals surface area contributed by atoms with Gasteiger partial charge in [-0.2, -0.15) is 11.4 Å². The Labute approximate surface area is 403 Å². The van der Waals surface area contributed by atoms with Crippen molar-refractivity contribution in [3.05, 3.63) is 95.2 Å². The molecule has 10 nitrogen and oxygen atoms in total. The summed E-state index contributed by atoms with van der Waals surface area (Å²) in [5.74, 6) is -0.860. The number of rotatable bonds is 20. The quantitative estimate of drug-likeness (QED) is 0.0508. The standard InChI is InChI=1S/C54H73N4O6.Mg/c1-12-38-34(7)42-27-46-40(29-59)36(9)41(56-46)26-43-35(8)39(51(57-43)49-50(54(62)63-11)53(61)48-37(10)44(58-52(48)49)28-45(38)55-42)22-23-47(60)64-25-24-33(6)21-15-20-32(5)19-14-18-31(4)17-13-16-30(2)3;/h24,26-28,30-32,35,39,50,59H,12-23,25,29H2,1-11H3,(H-,57,58,61);/q-3;+2/p-1/b33-24+,42-27-,43-26-,45-28-;/t31-,32-,35+,39+,50+;/m1./s1. The van der Waals surface area contributed by atoms with Gasteiger partial charge in [-0.15, -0.1) is 33.5 Å². The van der Waals surface area contributed by atoms with Crippen molar-refractivity contribution in [3.8, 4) is 0 Å². The minimum Gasteiger partial charge on any atom is -0.664 e. The van der Waals surface area contributed by atoms with E-state index in [1.165, 1.54) is 57.6 Å². The average Bonchev–Trinajstić information content (AvgIpc) is 3.99. The molecular weight excluding hydrogens is 825 g/mol. The molecule has 0 saturated carbocycles. The minimum atomic E-state index is -1.24. The van der Waals surface area contributed by atoms with Crippen LogP contribution in [0, 0.1) is 56.3 Å². The SMILES string of the molecule is CCc1c(C)/c2[n-]/c1=C\c1[n-]c3c(c1C)C(=O)[C@@H](C(=O)OC)/C3=C1/[N-]/C(=C\c3[n-]c(c(CO)c3C)\C=2)[C@@H](C)[C@@H]1CCC(=O)OC/C=C(\C)CCC[C@H](C)CCC[C@H](C)CCCC(C)C.[Mg+2]. The van der Waals surface area contributed by atoms with E-state index in [4.69, 9.17) is 29.7 Å². The Bertz CT molecular complexity index is 2420. The maximum Gasteiger partial charge on any atom is 2.00 e. The van der Waals surface area contributed by atoms with Gasteiger partial charge in [0.25, 0.3) is 0 Å². The molecule has 65 heavy (non-hydrogen) atoms. The Hall–Kier alpha value is -4.06. The van der Waals surface area contributed by atoms with Crippen molar-refractivity contribution < 1.29 is 29.0 Å². The number of nitrogens with zero attached hydrogens (tertiary/aromatic N) is 4. The van der Waals surface area contributed by atoms with Crippen LogP contribution in [0.25, 0.3) is 29.1 Å². The monoisotopic (exact) mass is 897 g/mol. The maximum atomic E-state index is 14.3. The summed E-state index contributed by atoms with van der Waals surface area (Å²) in [5, 5.41) is 17.2. The second-order valence-electron chi connectivity index (χ2n) is 19.4. The number of carbonyl (C=O) groups is 3. The molecule has 0 spiro atoms. The molecule has 3 aromatic heterocycles. The molecule has 5 heterocycles.